The molecule has 0 unspecified atom stereocenters. The molecule has 0 aliphatic rings. The van der Waals surface area contributed by atoms with Gasteiger partial charge in [-0.15, -0.1) is 0 Å². The van der Waals surface area contributed by atoms with Gasteiger partial charge in [0.2, 0.25) is 0 Å². The summed E-state index contributed by atoms with van der Waals surface area (Å²) in [6.45, 7) is 0. The van der Waals surface area contributed by atoms with Crippen LogP contribution in [0.15, 0.2) is 6.20 Å². The second-order valence-electron chi connectivity index (χ2n) is 2.40. The van der Waals surface area contributed by atoms with Gasteiger partial charge in [-0.1, -0.05) is 27.5 Å². The van der Waals surface area contributed by atoms with Gasteiger partial charge in [-0.25, -0.2) is 13.8 Å². The van der Waals surface area contributed by atoms with Crippen LogP contribution < -0.4 is 0 Å². The third kappa shape index (κ3) is 2.02. The van der Waals surface area contributed by atoms with Gasteiger partial charge in [0.15, 0.2) is 0 Å². The molecule has 74 valence electrons. The van der Waals surface area contributed by atoms with Crippen LogP contribution in [0.4, 0.5) is 8.78 Å². The van der Waals surface area contributed by atoms with Gasteiger partial charge in [-0.05, 0) is 0 Å². The Morgan fingerprint density at radius 1 is 1.64 bits per heavy atom. The van der Waals surface area contributed by atoms with Crippen LogP contribution in [-0.2, 0) is 5.33 Å². The molecule has 6 heteroatoms. The highest BCUT2D eigenvalue weighted by Crippen LogP contribution is 2.31. The average Bonchev–Trinajstić information content (AvgIpc) is 2.16. The van der Waals surface area contributed by atoms with Crippen LogP contribution in [0, 0.1) is 11.3 Å². The van der Waals surface area contributed by atoms with Crippen LogP contribution in [0.1, 0.15) is 23.2 Å². The van der Waals surface area contributed by atoms with E-state index in [2.05, 4.69) is 20.9 Å². The third-order valence-electron chi connectivity index (χ3n) is 1.61. The molecular formula is C8H4BrClF2N2. The lowest BCUT2D eigenvalue weighted by atomic mass is 10.1. The molecule has 14 heavy (non-hydrogen) atoms. The zero-order chi connectivity index (χ0) is 10.7. The summed E-state index contributed by atoms with van der Waals surface area (Å²) in [5, 5.41) is 8.75. The largest absolute Gasteiger partial charge is 0.266 e. The molecule has 0 radical (unpaired) electrons. The van der Waals surface area contributed by atoms with Crippen LogP contribution in [0.25, 0.3) is 0 Å². The first-order valence-corrected chi connectivity index (χ1v) is 5.03. The zero-order valence-corrected chi connectivity index (χ0v) is 9.11. The molecule has 0 aromatic carbocycles. The summed E-state index contributed by atoms with van der Waals surface area (Å²) >= 11 is 8.75. The monoisotopic (exact) mass is 280 g/mol. The smallest absolute Gasteiger partial charge is 0.245 e. The molecule has 0 spiro atoms. The number of nitrogens with zero attached hydrogens (tertiary/aromatic N) is 2. The number of rotatable bonds is 2. The van der Waals surface area contributed by atoms with Crippen LogP contribution in [0.2, 0.25) is 5.02 Å². The van der Waals surface area contributed by atoms with E-state index in [1.54, 1.807) is 6.07 Å². The standard InChI is InChI=1S/C8H4BrClF2N2/c9-1-4-6(2-13)14-3-5(7(4)10)8(11)12/h3,8H,1H2. The van der Waals surface area contributed by atoms with Crippen molar-refractivity contribution in [1.29, 1.82) is 5.26 Å². The number of hydrogen-bond donors (Lipinski definition) is 0. The minimum atomic E-state index is -2.68. The molecule has 2 nitrogen and oxygen atoms in total. The first-order chi connectivity index (χ1) is 6.61. The predicted molar refractivity (Wildman–Crippen MR) is 51.6 cm³/mol. The molecule has 1 aromatic rings. The Kier molecular flexibility index (Phi) is 3.78. The summed E-state index contributed by atoms with van der Waals surface area (Å²) < 4.78 is 24.7. The Morgan fingerprint density at radius 3 is 2.71 bits per heavy atom. The fraction of sp³-hybridized carbons (Fsp3) is 0.250. The SMILES string of the molecule is N#Cc1ncc(C(F)F)c(Cl)c1CBr. The first-order valence-electron chi connectivity index (χ1n) is 3.53. The van der Waals surface area contributed by atoms with Crippen molar-refractivity contribution < 1.29 is 8.78 Å². The van der Waals surface area contributed by atoms with E-state index in [0.29, 0.717) is 5.56 Å². The van der Waals surface area contributed by atoms with E-state index >= 15 is 0 Å². The first kappa shape index (κ1) is 11.3. The van der Waals surface area contributed by atoms with Crippen molar-refractivity contribution in [1.82, 2.24) is 4.98 Å². The molecule has 0 aliphatic carbocycles. The molecule has 1 rings (SSSR count). The van der Waals surface area contributed by atoms with Crippen LogP contribution in [-0.4, -0.2) is 4.98 Å². The predicted octanol–water partition coefficient (Wildman–Crippen LogP) is 3.44. The van der Waals surface area contributed by atoms with Crippen LogP contribution >= 0.6 is 27.5 Å². The highest BCUT2D eigenvalue weighted by molar-refractivity contribution is 9.08. The summed E-state index contributed by atoms with van der Waals surface area (Å²) in [6, 6.07) is 1.78. The minimum Gasteiger partial charge on any atom is -0.245 e. The molecular weight excluding hydrogens is 277 g/mol. The van der Waals surface area contributed by atoms with Crippen LogP contribution in [0.3, 0.4) is 0 Å². The Balaban J connectivity index is 3.37. The Labute approximate surface area is 92.6 Å². The molecule has 0 aliphatic heterocycles. The summed E-state index contributed by atoms with van der Waals surface area (Å²) in [7, 11) is 0. The number of nitriles is 1. The van der Waals surface area contributed by atoms with Crippen molar-refractivity contribution in [3.63, 3.8) is 0 Å². The van der Waals surface area contributed by atoms with E-state index < -0.39 is 6.43 Å². The summed E-state index contributed by atoms with van der Waals surface area (Å²) in [5.74, 6) is 0. The van der Waals surface area contributed by atoms with Gasteiger partial charge in [0.1, 0.15) is 11.8 Å². The van der Waals surface area contributed by atoms with Gasteiger partial charge in [0.25, 0.3) is 6.43 Å². The molecule has 0 fully saturated rings. The van der Waals surface area contributed by atoms with E-state index in [9.17, 15) is 8.78 Å². The lowest BCUT2D eigenvalue weighted by Crippen LogP contribution is -1.97. The maximum Gasteiger partial charge on any atom is 0.266 e. The van der Waals surface area contributed by atoms with E-state index in [1.807, 2.05) is 0 Å². The molecule has 0 saturated carbocycles. The van der Waals surface area contributed by atoms with Crippen molar-refractivity contribution >= 4 is 27.5 Å². The van der Waals surface area contributed by atoms with E-state index in [1.165, 1.54) is 0 Å². The fourth-order valence-electron chi connectivity index (χ4n) is 0.917. The van der Waals surface area contributed by atoms with Crippen molar-refractivity contribution in [3.8, 4) is 6.07 Å². The highest BCUT2D eigenvalue weighted by Gasteiger charge is 2.18. The lowest BCUT2D eigenvalue weighted by Gasteiger charge is -2.07. The molecule has 1 aromatic heterocycles. The van der Waals surface area contributed by atoms with Gasteiger partial charge in [0.05, 0.1) is 10.6 Å². The van der Waals surface area contributed by atoms with Gasteiger partial charge < -0.3 is 0 Å². The van der Waals surface area contributed by atoms with Gasteiger partial charge >= 0.3 is 0 Å². The highest BCUT2D eigenvalue weighted by atomic mass is 79.9. The van der Waals surface area contributed by atoms with E-state index in [4.69, 9.17) is 16.9 Å². The van der Waals surface area contributed by atoms with Crippen LogP contribution in [0.5, 0.6) is 0 Å². The molecule has 0 saturated heterocycles. The number of alkyl halides is 3. The Bertz CT molecular complexity index is 390. The summed E-state index contributed by atoms with van der Waals surface area (Å²) in [4.78, 5) is 3.59. The fourth-order valence-corrected chi connectivity index (χ4v) is 1.91. The van der Waals surface area contributed by atoms with Crippen molar-refractivity contribution in [2.75, 3.05) is 0 Å². The maximum atomic E-state index is 12.4. The summed E-state index contributed by atoms with van der Waals surface area (Å²) in [6.07, 6.45) is -1.75. The van der Waals surface area contributed by atoms with E-state index in [0.717, 1.165) is 6.20 Å². The normalized spacial score (nSPS) is 10.3. The van der Waals surface area contributed by atoms with Crippen molar-refractivity contribution in [2.24, 2.45) is 0 Å². The molecule has 1 heterocycles. The van der Waals surface area contributed by atoms with E-state index in [-0.39, 0.29) is 21.6 Å². The van der Waals surface area contributed by atoms with Gasteiger partial charge in [-0.2, -0.15) is 5.26 Å². The Hall–Kier alpha value is -0.730. The topological polar surface area (TPSA) is 36.7 Å². The second kappa shape index (κ2) is 4.67. The van der Waals surface area contributed by atoms with Crippen molar-refractivity contribution in [3.05, 3.63) is 28.0 Å². The lowest BCUT2D eigenvalue weighted by molar-refractivity contribution is 0.151. The number of hydrogen-bond acceptors (Lipinski definition) is 2. The minimum absolute atomic E-state index is 0.0660. The van der Waals surface area contributed by atoms with Gasteiger partial charge in [-0.3, -0.25) is 0 Å². The third-order valence-corrected chi connectivity index (χ3v) is 2.62. The molecule has 0 N–H and O–H groups in total. The Morgan fingerprint density at radius 2 is 2.29 bits per heavy atom. The number of pyridine rings is 1. The maximum absolute atomic E-state index is 12.4. The van der Waals surface area contributed by atoms with Crippen molar-refractivity contribution in [2.45, 2.75) is 11.8 Å². The second-order valence-corrected chi connectivity index (χ2v) is 3.34. The zero-order valence-electron chi connectivity index (χ0n) is 6.77. The number of aromatic nitrogens is 1. The summed E-state index contributed by atoms with van der Waals surface area (Å²) in [5.41, 5.74) is 0.0170. The number of halogens is 4. The van der Waals surface area contributed by atoms with Gasteiger partial charge in [0, 0.05) is 17.1 Å². The molecule has 0 atom stereocenters. The quantitative estimate of drug-likeness (QED) is 0.779. The molecule has 0 bridgehead atoms. The molecule has 0 amide bonds. The average molecular weight is 281 g/mol.